The molecule has 316 valence electrons. The van der Waals surface area contributed by atoms with Crippen LogP contribution in [0.5, 0.6) is 0 Å². The maximum absolute atomic E-state index is 2.50. The van der Waals surface area contributed by atoms with Crippen molar-refractivity contribution in [2.24, 2.45) is 0 Å². The second-order valence-electron chi connectivity index (χ2n) is 18.0. The fraction of sp³-hybridized carbons (Fsp3) is 0. The van der Waals surface area contributed by atoms with Gasteiger partial charge in [0.05, 0.1) is 22.1 Å². The van der Waals surface area contributed by atoms with Crippen LogP contribution < -0.4 is 0 Å². The molecule has 0 radical (unpaired) electrons. The number of aromatic nitrogens is 2. The van der Waals surface area contributed by atoms with E-state index in [4.69, 9.17) is 0 Å². The van der Waals surface area contributed by atoms with Crippen LogP contribution in [0, 0.1) is 0 Å². The minimum Gasteiger partial charge on any atom is -0.309 e. The highest BCUT2D eigenvalue weighted by atomic mass is 15.0. The topological polar surface area (TPSA) is 9.86 Å². The van der Waals surface area contributed by atoms with Crippen molar-refractivity contribution in [3.8, 4) is 55.9 Å². The van der Waals surface area contributed by atoms with Crippen molar-refractivity contribution in [2.75, 3.05) is 0 Å². The zero-order valence-corrected chi connectivity index (χ0v) is 37.1. The Kier molecular flexibility index (Phi) is 8.62. The number of benzene rings is 12. The van der Waals surface area contributed by atoms with E-state index in [2.05, 4.69) is 264 Å². The fourth-order valence-corrected chi connectivity index (χ4v) is 11.4. The van der Waals surface area contributed by atoms with E-state index in [0.717, 1.165) is 11.4 Å². The molecule has 0 amide bonds. The molecule has 2 heteroatoms. The number of hydrogen-bond donors (Lipinski definition) is 0. The largest absolute Gasteiger partial charge is 0.309 e. The van der Waals surface area contributed by atoms with E-state index in [1.54, 1.807) is 0 Å². The highest BCUT2D eigenvalue weighted by molar-refractivity contribution is 6.25. The molecule has 0 saturated heterocycles. The Hall–Kier alpha value is -8.98. The summed E-state index contributed by atoms with van der Waals surface area (Å²) < 4.78 is 4.84. The zero-order chi connectivity index (χ0) is 44.7. The molecular weight excluding hydrogens is 821 g/mol. The number of fused-ring (bicyclic) bond motifs is 9. The maximum Gasteiger partial charge on any atom is 0.0547 e. The number of para-hydroxylation sites is 4. The van der Waals surface area contributed by atoms with Crippen molar-refractivity contribution in [3.63, 3.8) is 0 Å². The van der Waals surface area contributed by atoms with Gasteiger partial charge in [-0.2, -0.15) is 0 Å². The Balaban J connectivity index is 1.10. The molecule has 14 aromatic rings. The summed E-state index contributed by atoms with van der Waals surface area (Å²) in [5.74, 6) is 0. The van der Waals surface area contributed by atoms with Crippen molar-refractivity contribution >= 4 is 75.9 Å². The van der Waals surface area contributed by atoms with Gasteiger partial charge in [-0.05, 0) is 144 Å². The Labute approximate surface area is 393 Å². The predicted molar refractivity (Wildman–Crippen MR) is 289 cm³/mol. The first kappa shape index (κ1) is 38.3. The molecule has 14 rings (SSSR count). The van der Waals surface area contributed by atoms with E-state index in [-0.39, 0.29) is 0 Å². The zero-order valence-electron chi connectivity index (χ0n) is 37.1. The summed E-state index contributed by atoms with van der Waals surface area (Å²) in [6, 6.07) is 94.0. The molecule has 0 fully saturated rings. The summed E-state index contributed by atoms with van der Waals surface area (Å²) in [7, 11) is 0. The van der Waals surface area contributed by atoms with Gasteiger partial charge in [0.15, 0.2) is 0 Å². The highest BCUT2D eigenvalue weighted by Crippen LogP contribution is 2.48. The first-order chi connectivity index (χ1) is 33.8. The third-order valence-electron chi connectivity index (χ3n) is 14.3. The van der Waals surface area contributed by atoms with Gasteiger partial charge < -0.3 is 9.13 Å². The Morgan fingerprint density at radius 3 is 1.18 bits per heavy atom. The minimum atomic E-state index is 1.15. The fourth-order valence-electron chi connectivity index (χ4n) is 11.4. The molecule has 0 bridgehead atoms. The van der Waals surface area contributed by atoms with Gasteiger partial charge >= 0.3 is 0 Å². The summed E-state index contributed by atoms with van der Waals surface area (Å²) >= 11 is 0. The molecule has 0 aliphatic rings. The molecule has 68 heavy (non-hydrogen) atoms. The monoisotopic (exact) mass is 862 g/mol. The lowest BCUT2D eigenvalue weighted by molar-refractivity contribution is 1.18. The molecule has 2 heterocycles. The van der Waals surface area contributed by atoms with Gasteiger partial charge in [-0.15, -0.1) is 0 Å². The number of nitrogens with zero attached hydrogens (tertiary/aromatic N) is 2. The molecule has 0 aliphatic heterocycles. The molecule has 0 spiro atoms. The van der Waals surface area contributed by atoms with E-state index >= 15 is 0 Å². The maximum atomic E-state index is 2.50. The highest BCUT2D eigenvalue weighted by Gasteiger charge is 2.22. The van der Waals surface area contributed by atoms with E-state index in [9.17, 15) is 0 Å². The van der Waals surface area contributed by atoms with Crippen LogP contribution in [0.2, 0.25) is 0 Å². The SMILES string of the molecule is c1ccc(-c2ccc3ccc(-c4c5cccc(-c6cccc7c6c6ccccc6n7-c6ccccc6)c5cc5c(-c6cccc7c6c6ccccc6n7-c6ccccc6)cccc45)cc3c2)cc1. The average molecular weight is 863 g/mol. The molecule has 2 aromatic heterocycles. The summed E-state index contributed by atoms with van der Waals surface area (Å²) in [5, 5.41) is 12.4. The first-order valence-electron chi connectivity index (χ1n) is 23.5. The normalized spacial score (nSPS) is 11.8. The van der Waals surface area contributed by atoms with Gasteiger partial charge in [-0.3, -0.25) is 0 Å². The smallest absolute Gasteiger partial charge is 0.0547 e. The first-order valence-corrected chi connectivity index (χ1v) is 23.5. The quantitative estimate of drug-likeness (QED) is 0.147. The van der Waals surface area contributed by atoms with Crippen LogP contribution in [0.25, 0.3) is 132 Å². The van der Waals surface area contributed by atoms with Crippen molar-refractivity contribution in [1.82, 2.24) is 9.13 Å². The Bertz CT molecular complexity index is 4080. The summed E-state index contributed by atoms with van der Waals surface area (Å²) in [6.45, 7) is 0. The molecule has 0 aliphatic carbocycles. The summed E-state index contributed by atoms with van der Waals surface area (Å²) in [4.78, 5) is 0. The van der Waals surface area contributed by atoms with Crippen molar-refractivity contribution < 1.29 is 0 Å². The van der Waals surface area contributed by atoms with Gasteiger partial charge in [-0.25, -0.2) is 0 Å². The molecule has 0 saturated carbocycles. The summed E-state index contributed by atoms with van der Waals surface area (Å²) in [6.07, 6.45) is 0. The van der Waals surface area contributed by atoms with Gasteiger partial charge in [0.25, 0.3) is 0 Å². The van der Waals surface area contributed by atoms with Crippen LogP contribution >= 0.6 is 0 Å². The third-order valence-corrected chi connectivity index (χ3v) is 14.3. The third kappa shape index (κ3) is 5.84. The molecule has 12 aromatic carbocycles. The Morgan fingerprint density at radius 2 is 0.632 bits per heavy atom. The second kappa shape index (κ2) is 15.3. The molecule has 0 N–H and O–H groups in total. The van der Waals surface area contributed by atoms with Crippen molar-refractivity contribution in [3.05, 3.63) is 255 Å². The van der Waals surface area contributed by atoms with E-state index in [0.29, 0.717) is 0 Å². The lowest BCUT2D eigenvalue weighted by Gasteiger charge is -2.19. The van der Waals surface area contributed by atoms with E-state index in [1.165, 1.54) is 120 Å². The number of rotatable bonds is 6. The van der Waals surface area contributed by atoms with Gasteiger partial charge in [0, 0.05) is 32.9 Å². The predicted octanol–water partition coefficient (Wildman–Crippen LogP) is 18.0. The van der Waals surface area contributed by atoms with Crippen LogP contribution in [0.4, 0.5) is 0 Å². The van der Waals surface area contributed by atoms with Crippen molar-refractivity contribution in [2.45, 2.75) is 0 Å². The van der Waals surface area contributed by atoms with Crippen LogP contribution in [-0.2, 0) is 0 Å². The molecule has 2 nitrogen and oxygen atoms in total. The molecular formula is C66H42N2. The van der Waals surface area contributed by atoms with E-state index < -0.39 is 0 Å². The van der Waals surface area contributed by atoms with Gasteiger partial charge in [0.1, 0.15) is 0 Å². The molecule has 0 unspecified atom stereocenters. The van der Waals surface area contributed by atoms with Crippen LogP contribution in [0.1, 0.15) is 0 Å². The van der Waals surface area contributed by atoms with Crippen molar-refractivity contribution in [1.29, 1.82) is 0 Å². The lowest BCUT2D eigenvalue weighted by Crippen LogP contribution is -1.94. The standard InChI is InChI=1S/C66H42N2/c1-4-18-43(19-5-1)45-38-36-44-37-39-46(41-47(44)40-45)64-54-28-14-26-50(52-30-16-34-62-65(52)56-24-10-12-32-60(56)67(62)48-20-6-2-7-21-48)58(54)42-59-51(27-15-29-55(59)64)53-31-17-35-63-66(53)57-25-11-13-33-61(57)68(63)49-22-8-3-9-23-49/h1-42H. The Morgan fingerprint density at radius 1 is 0.221 bits per heavy atom. The minimum absolute atomic E-state index is 1.15. The summed E-state index contributed by atoms with van der Waals surface area (Å²) in [5.41, 5.74) is 16.8. The van der Waals surface area contributed by atoms with Gasteiger partial charge in [-0.1, -0.05) is 188 Å². The average Bonchev–Trinajstić information content (AvgIpc) is 3.94. The van der Waals surface area contributed by atoms with E-state index in [1.807, 2.05) is 0 Å². The second-order valence-corrected chi connectivity index (χ2v) is 18.0. The van der Waals surface area contributed by atoms with Crippen LogP contribution in [0.3, 0.4) is 0 Å². The molecule has 0 atom stereocenters. The lowest BCUT2D eigenvalue weighted by atomic mass is 9.85. The van der Waals surface area contributed by atoms with Crippen LogP contribution in [0.15, 0.2) is 255 Å². The van der Waals surface area contributed by atoms with Gasteiger partial charge in [0.2, 0.25) is 0 Å². The number of hydrogen-bond acceptors (Lipinski definition) is 0. The van der Waals surface area contributed by atoms with Crippen LogP contribution in [-0.4, -0.2) is 9.13 Å².